The van der Waals surface area contributed by atoms with E-state index >= 15 is 0 Å². The maximum atomic E-state index is 8.43. The molecule has 0 saturated heterocycles. The number of hydrogen-bond donors (Lipinski definition) is 0. The molecule has 0 spiro atoms. The van der Waals surface area contributed by atoms with Gasteiger partial charge in [0.2, 0.25) is 0 Å². The lowest BCUT2D eigenvalue weighted by atomic mass is 9.90. The van der Waals surface area contributed by atoms with Crippen LogP contribution in [-0.2, 0) is 0 Å². The van der Waals surface area contributed by atoms with E-state index in [4.69, 9.17) is 5.26 Å². The Balaban J connectivity index is 3.82. The maximum absolute atomic E-state index is 8.43. The first kappa shape index (κ1) is 12.2. The Bertz CT molecular complexity index is 174. The molecule has 74 valence electrons. The van der Waals surface area contributed by atoms with E-state index in [1.807, 2.05) is 0 Å². The number of hydrogen-bond acceptors (Lipinski definition) is 1. The van der Waals surface area contributed by atoms with Crippen molar-refractivity contribution in [2.75, 3.05) is 0 Å². The summed E-state index contributed by atoms with van der Waals surface area (Å²) in [5.74, 6) is 1.24. The van der Waals surface area contributed by atoms with Crippen molar-refractivity contribution in [3.8, 4) is 6.07 Å². The van der Waals surface area contributed by atoms with Gasteiger partial charge in [0, 0.05) is 6.08 Å². The molecule has 0 aromatic carbocycles. The van der Waals surface area contributed by atoms with Crippen LogP contribution in [0.1, 0.15) is 46.5 Å². The summed E-state index contributed by atoms with van der Waals surface area (Å²) < 4.78 is 0. The number of nitriles is 1. The van der Waals surface area contributed by atoms with Crippen molar-refractivity contribution in [2.24, 2.45) is 11.8 Å². The summed E-state index contributed by atoms with van der Waals surface area (Å²) in [5.41, 5.74) is 0. The second-order valence-electron chi connectivity index (χ2n) is 3.89. The minimum Gasteiger partial charge on any atom is -0.193 e. The van der Waals surface area contributed by atoms with Gasteiger partial charge in [-0.25, -0.2) is 0 Å². The van der Waals surface area contributed by atoms with Gasteiger partial charge in [0.25, 0.3) is 0 Å². The third kappa shape index (κ3) is 6.40. The van der Waals surface area contributed by atoms with E-state index in [1.54, 1.807) is 6.08 Å². The normalized spacial score (nSPS) is 13.5. The number of unbranched alkanes of at least 4 members (excludes halogenated alkanes) is 2. The molecular weight excluding hydrogens is 158 g/mol. The summed E-state index contributed by atoms with van der Waals surface area (Å²) in [6, 6.07) is 2.06. The highest BCUT2D eigenvalue weighted by molar-refractivity contribution is 5.04. The molecule has 0 rings (SSSR count). The van der Waals surface area contributed by atoms with Crippen molar-refractivity contribution >= 4 is 0 Å². The average Bonchev–Trinajstić information content (AvgIpc) is 2.10. The number of rotatable bonds is 6. The first-order valence-electron chi connectivity index (χ1n) is 5.28. The molecule has 0 aliphatic rings. The Labute approximate surface area is 82.5 Å². The Morgan fingerprint density at radius 2 is 2.00 bits per heavy atom. The van der Waals surface area contributed by atoms with Gasteiger partial charge in [-0.1, -0.05) is 46.1 Å². The van der Waals surface area contributed by atoms with Crippen LogP contribution in [0.3, 0.4) is 0 Å². The number of nitrogens with zero attached hydrogens (tertiary/aromatic N) is 1. The van der Waals surface area contributed by atoms with Gasteiger partial charge in [-0.3, -0.25) is 0 Å². The molecular formula is C12H21N. The fourth-order valence-corrected chi connectivity index (χ4v) is 1.45. The Hall–Kier alpha value is -0.770. The predicted molar refractivity (Wildman–Crippen MR) is 57.2 cm³/mol. The lowest BCUT2D eigenvalue weighted by Gasteiger charge is -2.15. The van der Waals surface area contributed by atoms with E-state index in [0.717, 1.165) is 0 Å². The summed E-state index contributed by atoms with van der Waals surface area (Å²) in [6.07, 6.45) is 8.77. The second-order valence-corrected chi connectivity index (χ2v) is 3.89. The molecule has 0 aliphatic heterocycles. The minimum atomic E-state index is 0.589. The highest BCUT2D eigenvalue weighted by atomic mass is 14.2. The topological polar surface area (TPSA) is 23.8 Å². The minimum absolute atomic E-state index is 0.589. The van der Waals surface area contributed by atoms with Gasteiger partial charge in [-0.15, -0.1) is 0 Å². The molecule has 0 heterocycles. The molecule has 1 nitrogen and oxygen atoms in total. The van der Waals surface area contributed by atoms with Crippen LogP contribution in [-0.4, -0.2) is 0 Å². The van der Waals surface area contributed by atoms with E-state index in [9.17, 15) is 0 Å². The highest BCUT2D eigenvalue weighted by Crippen LogP contribution is 2.19. The summed E-state index contributed by atoms with van der Waals surface area (Å²) in [7, 11) is 0. The van der Waals surface area contributed by atoms with Crippen molar-refractivity contribution < 1.29 is 0 Å². The molecule has 0 aliphatic carbocycles. The molecule has 0 fully saturated rings. The van der Waals surface area contributed by atoms with E-state index in [2.05, 4.69) is 32.9 Å². The molecule has 0 aromatic heterocycles. The standard InChI is InChI=1S/C12H21N/c1-4-5-6-8-12(11(2)3)9-7-10-13/h7,9,11-12H,4-6,8H2,1-3H3/b9-7+/t12-/m0/s1. The monoisotopic (exact) mass is 179 g/mol. The van der Waals surface area contributed by atoms with Gasteiger partial charge in [-0.2, -0.15) is 5.26 Å². The third-order valence-corrected chi connectivity index (χ3v) is 2.42. The first-order chi connectivity index (χ1) is 6.22. The van der Waals surface area contributed by atoms with Crippen LogP contribution >= 0.6 is 0 Å². The zero-order chi connectivity index (χ0) is 10.1. The van der Waals surface area contributed by atoms with Crippen molar-refractivity contribution in [1.29, 1.82) is 5.26 Å². The summed E-state index contributed by atoms with van der Waals surface area (Å²) in [4.78, 5) is 0. The quantitative estimate of drug-likeness (QED) is 0.448. The fraction of sp³-hybridized carbons (Fsp3) is 0.750. The molecule has 0 N–H and O–H groups in total. The largest absolute Gasteiger partial charge is 0.193 e. The van der Waals surface area contributed by atoms with Crippen molar-refractivity contribution in [1.82, 2.24) is 0 Å². The Morgan fingerprint density at radius 1 is 1.31 bits per heavy atom. The molecule has 0 aromatic rings. The molecule has 1 heteroatoms. The zero-order valence-corrected chi connectivity index (χ0v) is 9.09. The Kier molecular flexibility index (Phi) is 7.39. The molecule has 0 unspecified atom stereocenters. The third-order valence-electron chi connectivity index (χ3n) is 2.42. The SMILES string of the molecule is CCCCC[C@@H](/C=C/C#N)C(C)C. The van der Waals surface area contributed by atoms with Gasteiger partial charge in [-0.05, 0) is 18.3 Å². The van der Waals surface area contributed by atoms with E-state index < -0.39 is 0 Å². The summed E-state index contributed by atoms with van der Waals surface area (Å²) in [6.45, 7) is 6.66. The van der Waals surface area contributed by atoms with E-state index in [0.29, 0.717) is 11.8 Å². The van der Waals surface area contributed by atoms with Gasteiger partial charge < -0.3 is 0 Å². The summed E-state index contributed by atoms with van der Waals surface area (Å²) in [5, 5.41) is 8.43. The van der Waals surface area contributed by atoms with Crippen LogP contribution < -0.4 is 0 Å². The van der Waals surface area contributed by atoms with E-state index in [1.165, 1.54) is 25.7 Å². The van der Waals surface area contributed by atoms with Gasteiger partial charge >= 0.3 is 0 Å². The Morgan fingerprint density at radius 3 is 2.46 bits per heavy atom. The van der Waals surface area contributed by atoms with Crippen LogP contribution in [0.4, 0.5) is 0 Å². The maximum Gasteiger partial charge on any atom is 0.0908 e. The average molecular weight is 179 g/mol. The zero-order valence-electron chi connectivity index (χ0n) is 9.09. The van der Waals surface area contributed by atoms with Gasteiger partial charge in [0.15, 0.2) is 0 Å². The lowest BCUT2D eigenvalue weighted by Crippen LogP contribution is -2.05. The second kappa shape index (κ2) is 7.86. The molecule has 1 atom stereocenters. The van der Waals surface area contributed by atoms with Crippen LogP contribution in [0, 0.1) is 23.2 Å². The molecule has 13 heavy (non-hydrogen) atoms. The van der Waals surface area contributed by atoms with Crippen molar-refractivity contribution in [3.63, 3.8) is 0 Å². The molecule has 0 saturated carbocycles. The predicted octanol–water partition coefficient (Wildman–Crippen LogP) is 3.92. The highest BCUT2D eigenvalue weighted by Gasteiger charge is 2.08. The van der Waals surface area contributed by atoms with Crippen LogP contribution in [0.2, 0.25) is 0 Å². The first-order valence-corrected chi connectivity index (χ1v) is 5.28. The van der Waals surface area contributed by atoms with Crippen molar-refractivity contribution in [3.05, 3.63) is 12.2 Å². The van der Waals surface area contributed by atoms with Gasteiger partial charge in [0.1, 0.15) is 0 Å². The molecule has 0 radical (unpaired) electrons. The van der Waals surface area contributed by atoms with Crippen LogP contribution in [0.15, 0.2) is 12.2 Å². The van der Waals surface area contributed by atoms with Gasteiger partial charge in [0.05, 0.1) is 6.07 Å². The van der Waals surface area contributed by atoms with Crippen molar-refractivity contribution in [2.45, 2.75) is 46.5 Å². The molecule has 0 bridgehead atoms. The lowest BCUT2D eigenvalue weighted by molar-refractivity contribution is 0.418. The fourth-order valence-electron chi connectivity index (χ4n) is 1.45. The van der Waals surface area contributed by atoms with E-state index in [-0.39, 0.29) is 0 Å². The molecule has 0 amide bonds. The number of allylic oxidation sites excluding steroid dienone is 2. The summed E-state index contributed by atoms with van der Waals surface area (Å²) >= 11 is 0. The van der Waals surface area contributed by atoms with Crippen LogP contribution in [0.25, 0.3) is 0 Å². The van der Waals surface area contributed by atoms with Crippen LogP contribution in [0.5, 0.6) is 0 Å². The smallest absolute Gasteiger partial charge is 0.0908 e.